The summed E-state index contributed by atoms with van der Waals surface area (Å²) >= 11 is 0. The van der Waals surface area contributed by atoms with Crippen LogP contribution >= 0.6 is 0 Å². The van der Waals surface area contributed by atoms with Gasteiger partial charge in [-0.2, -0.15) is 0 Å². The summed E-state index contributed by atoms with van der Waals surface area (Å²) in [5.41, 5.74) is 5.16. The van der Waals surface area contributed by atoms with Crippen molar-refractivity contribution in [1.29, 1.82) is 0 Å². The van der Waals surface area contributed by atoms with Gasteiger partial charge >= 0.3 is 0 Å². The van der Waals surface area contributed by atoms with Crippen molar-refractivity contribution < 1.29 is 13.2 Å². The minimum Gasteiger partial charge on any atom is -0.348 e. The summed E-state index contributed by atoms with van der Waals surface area (Å²) in [5, 5.41) is 3.93. The minimum absolute atomic E-state index is 0.127. The molecular formula is C23H29N3O3S. The number of aryl methyl sites for hydroxylation is 2. The monoisotopic (exact) mass is 427 g/mol. The van der Waals surface area contributed by atoms with E-state index in [9.17, 15) is 13.2 Å². The predicted octanol–water partition coefficient (Wildman–Crippen LogP) is 4.12. The summed E-state index contributed by atoms with van der Waals surface area (Å²) in [5.74, 6) is -0.117. The standard InChI is InChI=1S/C23H29N3O3S/c1-15(2)13-24-30(28,29)14-18-7-6-8-20(11-18)25-23(27)19-9-10-22-21(12-19)16(3)17(4)26(22)5/h6-12,15,24H,13-14H2,1-5H3,(H,25,27). The van der Waals surface area contributed by atoms with E-state index in [0.29, 0.717) is 23.4 Å². The van der Waals surface area contributed by atoms with Gasteiger partial charge in [-0.05, 0) is 61.2 Å². The lowest BCUT2D eigenvalue weighted by molar-refractivity contribution is 0.102. The molecule has 0 radical (unpaired) electrons. The number of benzene rings is 2. The molecule has 0 unspecified atom stereocenters. The molecule has 0 aliphatic heterocycles. The summed E-state index contributed by atoms with van der Waals surface area (Å²) in [6.07, 6.45) is 0. The third-order valence-corrected chi connectivity index (χ3v) is 6.64. The third kappa shape index (κ3) is 4.91. The van der Waals surface area contributed by atoms with E-state index in [1.165, 1.54) is 5.69 Å². The summed E-state index contributed by atoms with van der Waals surface area (Å²) in [4.78, 5) is 12.8. The van der Waals surface area contributed by atoms with Gasteiger partial charge in [-0.25, -0.2) is 13.1 Å². The van der Waals surface area contributed by atoms with Crippen molar-refractivity contribution in [3.05, 3.63) is 64.8 Å². The van der Waals surface area contributed by atoms with Gasteiger partial charge in [0.05, 0.1) is 5.75 Å². The Morgan fingerprint density at radius 1 is 1.10 bits per heavy atom. The fourth-order valence-corrected chi connectivity index (χ4v) is 4.71. The molecule has 0 spiro atoms. The molecule has 3 aromatic rings. The number of sulfonamides is 1. The molecule has 2 N–H and O–H groups in total. The van der Waals surface area contributed by atoms with Gasteiger partial charge in [-0.3, -0.25) is 4.79 Å². The van der Waals surface area contributed by atoms with Crippen LogP contribution < -0.4 is 10.0 Å². The molecule has 160 valence electrons. The topological polar surface area (TPSA) is 80.2 Å². The molecule has 0 aliphatic carbocycles. The second kappa shape index (κ2) is 8.62. The van der Waals surface area contributed by atoms with Gasteiger partial charge in [0.1, 0.15) is 0 Å². The van der Waals surface area contributed by atoms with Gasteiger partial charge in [0.2, 0.25) is 10.0 Å². The Kier molecular flexibility index (Phi) is 6.33. The first kappa shape index (κ1) is 22.1. The number of nitrogens with one attached hydrogen (secondary N) is 2. The van der Waals surface area contributed by atoms with Gasteiger partial charge < -0.3 is 9.88 Å². The van der Waals surface area contributed by atoms with Crippen LogP contribution in [0.25, 0.3) is 10.9 Å². The van der Waals surface area contributed by atoms with Crippen LogP contribution in [0.3, 0.4) is 0 Å². The maximum atomic E-state index is 12.8. The SMILES string of the molecule is Cc1c(C)n(C)c2ccc(C(=O)Nc3cccc(CS(=O)(=O)NCC(C)C)c3)cc12. The molecule has 2 aromatic carbocycles. The Hall–Kier alpha value is -2.64. The fourth-order valence-electron chi connectivity index (χ4n) is 3.40. The zero-order chi connectivity index (χ0) is 22.1. The lowest BCUT2D eigenvalue weighted by Crippen LogP contribution is -2.28. The largest absolute Gasteiger partial charge is 0.348 e. The first-order valence-corrected chi connectivity index (χ1v) is 11.7. The van der Waals surface area contributed by atoms with Crippen LogP contribution in [0.4, 0.5) is 5.69 Å². The van der Waals surface area contributed by atoms with Crippen LogP contribution in [0.2, 0.25) is 0 Å². The predicted molar refractivity (Wildman–Crippen MR) is 122 cm³/mol. The Balaban J connectivity index is 1.77. The van der Waals surface area contributed by atoms with Gasteiger partial charge in [0.25, 0.3) is 5.91 Å². The van der Waals surface area contributed by atoms with E-state index in [1.807, 2.05) is 33.0 Å². The van der Waals surface area contributed by atoms with Crippen LogP contribution in [-0.4, -0.2) is 25.4 Å². The van der Waals surface area contributed by atoms with Crippen molar-refractivity contribution in [2.75, 3.05) is 11.9 Å². The number of amides is 1. The maximum Gasteiger partial charge on any atom is 0.255 e. The normalized spacial score (nSPS) is 11.9. The number of carbonyl (C=O) groups is 1. The average Bonchev–Trinajstić information content (AvgIpc) is 2.90. The minimum atomic E-state index is -3.42. The second-order valence-corrected chi connectivity index (χ2v) is 9.96. The number of carbonyl (C=O) groups excluding carboxylic acids is 1. The van der Waals surface area contributed by atoms with Crippen molar-refractivity contribution in [1.82, 2.24) is 9.29 Å². The molecular weight excluding hydrogens is 398 g/mol. The highest BCUT2D eigenvalue weighted by molar-refractivity contribution is 7.88. The van der Waals surface area contributed by atoms with Gasteiger partial charge in [0.15, 0.2) is 0 Å². The van der Waals surface area contributed by atoms with Gasteiger partial charge in [0, 0.05) is 41.4 Å². The van der Waals surface area contributed by atoms with Crippen LogP contribution in [0.1, 0.15) is 41.0 Å². The van der Waals surface area contributed by atoms with E-state index in [0.717, 1.165) is 16.5 Å². The quantitative estimate of drug-likeness (QED) is 0.595. The lowest BCUT2D eigenvalue weighted by atomic mass is 10.1. The fraction of sp³-hybridized carbons (Fsp3) is 0.348. The first-order chi connectivity index (χ1) is 14.1. The van der Waals surface area contributed by atoms with Crippen molar-refractivity contribution in [3.8, 4) is 0 Å². The van der Waals surface area contributed by atoms with E-state index >= 15 is 0 Å². The molecule has 6 nitrogen and oxygen atoms in total. The number of hydrogen-bond donors (Lipinski definition) is 2. The Morgan fingerprint density at radius 3 is 2.53 bits per heavy atom. The van der Waals surface area contributed by atoms with Gasteiger partial charge in [-0.15, -0.1) is 0 Å². The highest BCUT2D eigenvalue weighted by Gasteiger charge is 2.14. The van der Waals surface area contributed by atoms with E-state index < -0.39 is 10.0 Å². The summed E-state index contributed by atoms with van der Waals surface area (Å²) < 4.78 is 29.2. The number of anilines is 1. The number of fused-ring (bicyclic) bond motifs is 1. The number of rotatable bonds is 7. The molecule has 0 saturated carbocycles. The molecule has 0 fully saturated rings. The summed E-state index contributed by atoms with van der Waals surface area (Å²) in [6, 6.07) is 12.6. The number of nitrogens with zero attached hydrogens (tertiary/aromatic N) is 1. The average molecular weight is 428 g/mol. The molecule has 7 heteroatoms. The summed E-state index contributed by atoms with van der Waals surface area (Å²) in [6.45, 7) is 8.42. The maximum absolute atomic E-state index is 12.8. The van der Waals surface area contributed by atoms with Crippen molar-refractivity contribution in [2.24, 2.45) is 13.0 Å². The molecule has 3 rings (SSSR count). The van der Waals surface area contributed by atoms with E-state index in [1.54, 1.807) is 30.3 Å². The molecule has 0 saturated heterocycles. The molecule has 0 bridgehead atoms. The van der Waals surface area contributed by atoms with E-state index in [-0.39, 0.29) is 17.6 Å². The van der Waals surface area contributed by atoms with Crippen LogP contribution in [0.15, 0.2) is 42.5 Å². The Bertz CT molecular complexity index is 1190. The summed E-state index contributed by atoms with van der Waals surface area (Å²) in [7, 11) is -1.41. The van der Waals surface area contributed by atoms with Crippen LogP contribution in [-0.2, 0) is 22.8 Å². The molecule has 1 aromatic heterocycles. The number of aromatic nitrogens is 1. The molecule has 0 atom stereocenters. The van der Waals surface area contributed by atoms with Crippen molar-refractivity contribution in [2.45, 2.75) is 33.4 Å². The number of hydrogen-bond acceptors (Lipinski definition) is 3. The van der Waals surface area contributed by atoms with Crippen molar-refractivity contribution >= 4 is 32.5 Å². The first-order valence-electron chi connectivity index (χ1n) is 10.0. The van der Waals surface area contributed by atoms with Crippen LogP contribution in [0, 0.1) is 19.8 Å². The highest BCUT2D eigenvalue weighted by Crippen LogP contribution is 2.25. The smallest absolute Gasteiger partial charge is 0.255 e. The lowest BCUT2D eigenvalue weighted by Gasteiger charge is -2.10. The molecule has 1 amide bonds. The van der Waals surface area contributed by atoms with Gasteiger partial charge in [-0.1, -0.05) is 26.0 Å². The highest BCUT2D eigenvalue weighted by atomic mass is 32.2. The Labute approximate surface area is 178 Å². The Morgan fingerprint density at radius 2 is 1.83 bits per heavy atom. The zero-order valence-electron chi connectivity index (χ0n) is 18.1. The molecule has 1 heterocycles. The van der Waals surface area contributed by atoms with E-state index in [2.05, 4.69) is 28.5 Å². The second-order valence-electron chi connectivity index (χ2n) is 8.16. The molecule has 0 aliphatic rings. The van der Waals surface area contributed by atoms with Crippen molar-refractivity contribution in [3.63, 3.8) is 0 Å². The molecule has 30 heavy (non-hydrogen) atoms. The van der Waals surface area contributed by atoms with Crippen LogP contribution in [0.5, 0.6) is 0 Å². The third-order valence-electron chi connectivity index (χ3n) is 5.32. The van der Waals surface area contributed by atoms with E-state index in [4.69, 9.17) is 0 Å². The zero-order valence-corrected chi connectivity index (χ0v) is 18.9.